The van der Waals surface area contributed by atoms with Gasteiger partial charge in [0.1, 0.15) is 12.4 Å². The molecule has 0 radical (unpaired) electrons. The molecule has 6 nitrogen and oxygen atoms in total. The van der Waals surface area contributed by atoms with Crippen molar-refractivity contribution in [3.05, 3.63) is 76.1 Å². The summed E-state index contributed by atoms with van der Waals surface area (Å²) in [5, 5.41) is 0.319. The van der Waals surface area contributed by atoms with E-state index in [0.29, 0.717) is 22.7 Å². The molecule has 1 heterocycles. The third-order valence-corrected chi connectivity index (χ3v) is 4.88. The molecule has 0 aliphatic carbocycles. The van der Waals surface area contributed by atoms with E-state index in [2.05, 4.69) is 4.74 Å². The number of hydrogen-bond acceptors (Lipinski definition) is 5. The zero-order valence-electron chi connectivity index (χ0n) is 16.4. The van der Waals surface area contributed by atoms with E-state index in [1.54, 1.807) is 0 Å². The fourth-order valence-electron chi connectivity index (χ4n) is 3.03. The second kappa shape index (κ2) is 9.58. The normalized spacial score (nSPS) is 16.0. The van der Waals surface area contributed by atoms with Crippen LogP contribution in [0.1, 0.15) is 27.7 Å². The van der Waals surface area contributed by atoms with Crippen molar-refractivity contribution < 1.29 is 36.6 Å². The fourth-order valence-corrected chi connectivity index (χ4v) is 3.23. The number of ether oxygens (including phenoxy) is 2. The lowest BCUT2D eigenvalue weighted by Gasteiger charge is -2.25. The molecule has 0 aromatic heterocycles. The van der Waals surface area contributed by atoms with Crippen molar-refractivity contribution in [3.63, 3.8) is 0 Å². The Labute approximate surface area is 185 Å². The molecule has 0 saturated carbocycles. The summed E-state index contributed by atoms with van der Waals surface area (Å²) in [6, 6.07) is 9.98. The molecule has 0 saturated heterocycles. The van der Waals surface area contributed by atoms with E-state index in [1.165, 1.54) is 42.5 Å². The van der Waals surface area contributed by atoms with Gasteiger partial charge in [0.25, 0.3) is 5.91 Å². The molecule has 11 heteroatoms. The summed E-state index contributed by atoms with van der Waals surface area (Å²) >= 11 is 5.94. The monoisotopic (exact) mass is 472 g/mol. The highest BCUT2D eigenvalue weighted by atomic mass is 35.5. The van der Waals surface area contributed by atoms with Crippen LogP contribution in [0.5, 0.6) is 5.75 Å². The maximum Gasteiger partial charge on any atom is 0.491 e. The standard InChI is InChI=1S/C21H17ClF4N2O4/c22-15-3-6-17-14(7-15)10-28(19(17)32-20(30)21(24,25)26)18(29)13-1-4-16(5-2-13)31-11-12(8-23)9-27/h1-8,19H,9-11,27H2/b12-8-. The first-order chi connectivity index (χ1) is 15.1. The molecule has 3 rings (SSSR count). The van der Waals surface area contributed by atoms with E-state index in [-0.39, 0.29) is 36.4 Å². The van der Waals surface area contributed by atoms with Crippen LogP contribution in [0.4, 0.5) is 17.6 Å². The number of halogens is 5. The number of benzene rings is 2. The van der Waals surface area contributed by atoms with E-state index in [9.17, 15) is 27.2 Å². The van der Waals surface area contributed by atoms with E-state index in [0.717, 1.165) is 4.90 Å². The highest BCUT2D eigenvalue weighted by Crippen LogP contribution is 2.38. The molecule has 0 bridgehead atoms. The zero-order valence-corrected chi connectivity index (χ0v) is 17.1. The van der Waals surface area contributed by atoms with Crippen LogP contribution in [0.3, 0.4) is 0 Å². The second-order valence-corrected chi connectivity index (χ2v) is 7.25. The summed E-state index contributed by atoms with van der Waals surface area (Å²) in [6.45, 7) is -0.216. The Bertz CT molecular complexity index is 1040. The number of fused-ring (bicyclic) bond motifs is 1. The molecule has 2 aromatic rings. The summed E-state index contributed by atoms with van der Waals surface area (Å²) < 4.78 is 60.9. The largest absolute Gasteiger partial charge is 0.491 e. The molecule has 0 fully saturated rings. The number of amides is 1. The van der Waals surface area contributed by atoms with Gasteiger partial charge in [-0.05, 0) is 42.0 Å². The van der Waals surface area contributed by atoms with Gasteiger partial charge in [-0.3, -0.25) is 9.69 Å². The number of nitrogens with two attached hydrogens (primary N) is 1. The summed E-state index contributed by atoms with van der Waals surface area (Å²) in [5.41, 5.74) is 6.38. The number of carbonyl (C=O) groups is 2. The predicted octanol–water partition coefficient (Wildman–Crippen LogP) is 4.29. The minimum atomic E-state index is -5.22. The number of alkyl halides is 3. The van der Waals surface area contributed by atoms with Gasteiger partial charge in [-0.25, -0.2) is 9.18 Å². The van der Waals surface area contributed by atoms with Gasteiger partial charge < -0.3 is 15.2 Å². The molecular weight excluding hydrogens is 456 g/mol. The van der Waals surface area contributed by atoms with E-state index < -0.39 is 24.3 Å². The molecule has 1 aliphatic rings. The second-order valence-electron chi connectivity index (χ2n) is 6.82. The van der Waals surface area contributed by atoms with Crippen molar-refractivity contribution in [2.45, 2.75) is 18.9 Å². The van der Waals surface area contributed by atoms with Gasteiger partial charge in [0.05, 0.1) is 12.9 Å². The molecule has 0 spiro atoms. The average Bonchev–Trinajstić information content (AvgIpc) is 3.11. The molecule has 2 aromatic carbocycles. The van der Waals surface area contributed by atoms with Crippen molar-refractivity contribution in [3.8, 4) is 5.75 Å². The summed E-state index contributed by atoms with van der Waals surface area (Å²) in [4.78, 5) is 25.5. The quantitative estimate of drug-likeness (QED) is 0.501. The number of nitrogens with zero attached hydrogens (tertiary/aromatic N) is 1. The first-order valence-corrected chi connectivity index (χ1v) is 9.60. The van der Waals surface area contributed by atoms with Crippen LogP contribution in [0.2, 0.25) is 5.02 Å². The van der Waals surface area contributed by atoms with Crippen LogP contribution in [0.15, 0.2) is 54.4 Å². The van der Waals surface area contributed by atoms with Crippen molar-refractivity contribution in [1.29, 1.82) is 0 Å². The van der Waals surface area contributed by atoms with Gasteiger partial charge in [-0.1, -0.05) is 17.7 Å². The number of hydrogen-bond donors (Lipinski definition) is 1. The Kier molecular flexibility index (Phi) is 7.05. The zero-order chi connectivity index (χ0) is 23.5. The highest BCUT2D eigenvalue weighted by molar-refractivity contribution is 6.30. The number of carbonyl (C=O) groups excluding carboxylic acids is 2. The molecule has 1 atom stereocenters. The first kappa shape index (κ1) is 23.6. The Morgan fingerprint density at radius 3 is 2.47 bits per heavy atom. The van der Waals surface area contributed by atoms with E-state index in [4.69, 9.17) is 22.1 Å². The summed E-state index contributed by atoms with van der Waals surface area (Å²) in [6.07, 6.45) is -6.45. The van der Waals surface area contributed by atoms with E-state index in [1.807, 2.05) is 0 Å². The van der Waals surface area contributed by atoms with Crippen molar-refractivity contribution >= 4 is 23.5 Å². The van der Waals surface area contributed by atoms with Gasteiger partial charge in [0.2, 0.25) is 6.23 Å². The summed E-state index contributed by atoms with van der Waals surface area (Å²) in [5.74, 6) is -2.76. The van der Waals surface area contributed by atoms with Crippen molar-refractivity contribution in [2.75, 3.05) is 13.2 Å². The molecule has 32 heavy (non-hydrogen) atoms. The smallest absolute Gasteiger partial charge is 0.489 e. The van der Waals surface area contributed by atoms with Crippen LogP contribution in [0, 0.1) is 0 Å². The topological polar surface area (TPSA) is 81.9 Å². The third-order valence-electron chi connectivity index (χ3n) is 4.65. The van der Waals surface area contributed by atoms with E-state index >= 15 is 0 Å². The maximum absolute atomic E-state index is 13.0. The number of esters is 1. The van der Waals surface area contributed by atoms with Crippen molar-refractivity contribution in [1.82, 2.24) is 4.90 Å². The van der Waals surface area contributed by atoms with Gasteiger partial charge in [0, 0.05) is 28.3 Å². The van der Waals surface area contributed by atoms with Crippen LogP contribution >= 0.6 is 11.6 Å². The third kappa shape index (κ3) is 5.20. The first-order valence-electron chi connectivity index (χ1n) is 9.22. The highest BCUT2D eigenvalue weighted by Gasteiger charge is 2.46. The van der Waals surface area contributed by atoms with Crippen LogP contribution < -0.4 is 10.5 Å². The molecule has 1 amide bonds. The minimum Gasteiger partial charge on any atom is -0.489 e. The van der Waals surface area contributed by atoms with Gasteiger partial charge in [-0.2, -0.15) is 13.2 Å². The molecular formula is C21H17ClF4N2O4. The van der Waals surface area contributed by atoms with Crippen LogP contribution in [-0.2, 0) is 16.1 Å². The van der Waals surface area contributed by atoms with Gasteiger partial charge in [-0.15, -0.1) is 0 Å². The van der Waals surface area contributed by atoms with Gasteiger partial charge >= 0.3 is 12.1 Å². The average molecular weight is 473 g/mol. The summed E-state index contributed by atoms with van der Waals surface area (Å²) in [7, 11) is 0. The molecule has 1 unspecified atom stereocenters. The Hall–Kier alpha value is -3.11. The number of rotatable bonds is 6. The predicted molar refractivity (Wildman–Crippen MR) is 106 cm³/mol. The maximum atomic E-state index is 13.0. The Morgan fingerprint density at radius 2 is 1.88 bits per heavy atom. The lowest BCUT2D eigenvalue weighted by Crippen LogP contribution is -2.35. The SMILES string of the molecule is NC/C(=C/F)COc1ccc(C(=O)N2Cc3cc(Cl)ccc3C2OC(=O)C(F)(F)F)cc1. The lowest BCUT2D eigenvalue weighted by atomic mass is 10.1. The van der Waals surface area contributed by atoms with Crippen molar-refractivity contribution in [2.24, 2.45) is 5.73 Å². The lowest BCUT2D eigenvalue weighted by molar-refractivity contribution is -0.211. The minimum absolute atomic E-state index is 0.0232. The van der Waals surface area contributed by atoms with Gasteiger partial charge in [0.15, 0.2) is 0 Å². The molecule has 1 aliphatic heterocycles. The molecule has 2 N–H and O–H groups in total. The Morgan fingerprint density at radius 1 is 1.19 bits per heavy atom. The Balaban J connectivity index is 1.81. The van der Waals surface area contributed by atoms with Crippen LogP contribution in [0.25, 0.3) is 0 Å². The van der Waals surface area contributed by atoms with Crippen LogP contribution in [-0.4, -0.2) is 36.1 Å². The fraction of sp³-hybridized carbons (Fsp3) is 0.238. The molecule has 170 valence electrons.